The fourth-order valence-electron chi connectivity index (χ4n) is 3.76. The van der Waals surface area contributed by atoms with Gasteiger partial charge in [0.2, 0.25) is 0 Å². The number of hydrogen-bond donors (Lipinski definition) is 2. The number of aromatic nitrogens is 1. The molecule has 1 aromatic rings. The van der Waals surface area contributed by atoms with E-state index in [0.717, 1.165) is 18.2 Å². The topological polar surface area (TPSA) is 62.2 Å². The van der Waals surface area contributed by atoms with Crippen LogP contribution in [-0.4, -0.2) is 22.1 Å². The van der Waals surface area contributed by atoms with Gasteiger partial charge in [-0.25, -0.2) is 9.78 Å². The number of pyridine rings is 1. The Morgan fingerprint density at radius 1 is 1.57 bits per heavy atom. The lowest BCUT2D eigenvalue weighted by Gasteiger charge is -2.39. The predicted octanol–water partition coefficient (Wildman–Crippen LogP) is 4.19. The van der Waals surface area contributed by atoms with Gasteiger partial charge in [0.25, 0.3) is 0 Å². The lowest BCUT2D eigenvalue weighted by atomic mass is 9.68. The molecule has 1 saturated carbocycles. The van der Waals surface area contributed by atoms with E-state index in [9.17, 15) is 4.79 Å². The van der Waals surface area contributed by atoms with Crippen LogP contribution in [0.2, 0.25) is 0 Å². The molecule has 3 unspecified atom stereocenters. The smallest absolute Gasteiger partial charge is 0.337 e. The standard InChI is InChI=1S/C17H26N2O2/c1-12-5-4-8-17(3,9-12)10-13(2)19-15-7-6-14(11-18-15)16(20)21/h6-7,11-13H,4-5,8-10H2,1-3H3,(H,18,19)(H,20,21). The Bertz CT molecular complexity index is 486. The van der Waals surface area contributed by atoms with Crippen molar-refractivity contribution in [1.82, 2.24) is 4.98 Å². The molecule has 0 bridgehead atoms. The molecule has 3 atom stereocenters. The van der Waals surface area contributed by atoms with Crippen molar-refractivity contribution in [3.05, 3.63) is 23.9 Å². The van der Waals surface area contributed by atoms with Gasteiger partial charge in [-0.3, -0.25) is 0 Å². The van der Waals surface area contributed by atoms with Gasteiger partial charge in [0.05, 0.1) is 5.56 Å². The third-order valence-electron chi connectivity index (χ3n) is 4.52. The van der Waals surface area contributed by atoms with Crippen LogP contribution in [0.1, 0.15) is 63.2 Å². The molecule has 0 amide bonds. The number of rotatable bonds is 5. The maximum Gasteiger partial charge on any atom is 0.337 e. The van der Waals surface area contributed by atoms with Crippen molar-refractivity contribution in [3.8, 4) is 0 Å². The number of anilines is 1. The Labute approximate surface area is 127 Å². The largest absolute Gasteiger partial charge is 0.478 e. The zero-order chi connectivity index (χ0) is 15.5. The highest BCUT2D eigenvalue weighted by molar-refractivity contribution is 5.87. The maximum atomic E-state index is 10.8. The van der Waals surface area contributed by atoms with Gasteiger partial charge in [-0.2, -0.15) is 0 Å². The monoisotopic (exact) mass is 290 g/mol. The van der Waals surface area contributed by atoms with Gasteiger partial charge in [0, 0.05) is 12.2 Å². The van der Waals surface area contributed by atoms with Crippen molar-refractivity contribution in [2.24, 2.45) is 11.3 Å². The molecule has 2 N–H and O–H groups in total. The summed E-state index contributed by atoms with van der Waals surface area (Å²) in [6.45, 7) is 6.92. The van der Waals surface area contributed by atoms with Crippen molar-refractivity contribution in [3.63, 3.8) is 0 Å². The third-order valence-corrected chi connectivity index (χ3v) is 4.52. The molecule has 4 heteroatoms. The second-order valence-electron chi connectivity index (χ2n) is 7.00. The molecule has 4 nitrogen and oxygen atoms in total. The van der Waals surface area contributed by atoms with Crippen molar-refractivity contribution >= 4 is 11.8 Å². The van der Waals surface area contributed by atoms with Crippen LogP contribution < -0.4 is 5.32 Å². The van der Waals surface area contributed by atoms with Crippen LogP contribution in [0.25, 0.3) is 0 Å². The summed E-state index contributed by atoms with van der Waals surface area (Å²) in [7, 11) is 0. The number of nitrogens with one attached hydrogen (secondary N) is 1. The molecule has 0 aliphatic heterocycles. The number of carbonyl (C=O) groups is 1. The Morgan fingerprint density at radius 2 is 2.33 bits per heavy atom. The van der Waals surface area contributed by atoms with E-state index in [0.29, 0.717) is 11.5 Å². The molecule has 0 aromatic carbocycles. The molecule has 116 valence electrons. The zero-order valence-corrected chi connectivity index (χ0v) is 13.2. The average Bonchev–Trinajstić information content (AvgIpc) is 2.38. The minimum absolute atomic E-state index is 0.223. The maximum absolute atomic E-state index is 10.8. The summed E-state index contributed by atoms with van der Waals surface area (Å²) in [6.07, 6.45) is 7.81. The van der Waals surface area contributed by atoms with E-state index in [1.165, 1.54) is 31.9 Å². The molecule has 1 aliphatic carbocycles. The van der Waals surface area contributed by atoms with Gasteiger partial charge in [0.1, 0.15) is 5.82 Å². The van der Waals surface area contributed by atoms with Gasteiger partial charge in [-0.15, -0.1) is 0 Å². The van der Waals surface area contributed by atoms with E-state index in [2.05, 4.69) is 31.1 Å². The highest BCUT2D eigenvalue weighted by Gasteiger charge is 2.31. The Kier molecular flexibility index (Phi) is 4.86. The lowest BCUT2D eigenvalue weighted by Crippen LogP contribution is -2.31. The fourth-order valence-corrected chi connectivity index (χ4v) is 3.76. The Hall–Kier alpha value is -1.58. The molecule has 2 rings (SSSR count). The van der Waals surface area contributed by atoms with Crippen LogP contribution in [-0.2, 0) is 0 Å². The molecular formula is C17H26N2O2. The number of hydrogen-bond acceptors (Lipinski definition) is 3. The molecule has 1 fully saturated rings. The Balaban J connectivity index is 1.91. The average molecular weight is 290 g/mol. The first-order chi connectivity index (χ1) is 9.88. The second-order valence-corrected chi connectivity index (χ2v) is 7.00. The first-order valence-corrected chi connectivity index (χ1v) is 7.84. The van der Waals surface area contributed by atoms with Crippen LogP contribution in [0.15, 0.2) is 18.3 Å². The molecule has 21 heavy (non-hydrogen) atoms. The number of carboxylic acid groups (broad SMARTS) is 1. The molecule has 0 saturated heterocycles. The summed E-state index contributed by atoms with van der Waals surface area (Å²) in [5.74, 6) is 0.634. The molecule has 1 aliphatic rings. The lowest BCUT2D eigenvalue weighted by molar-refractivity contribution is 0.0696. The van der Waals surface area contributed by atoms with Crippen LogP contribution in [0.5, 0.6) is 0 Å². The number of nitrogens with zero attached hydrogens (tertiary/aromatic N) is 1. The van der Waals surface area contributed by atoms with E-state index in [1.54, 1.807) is 12.1 Å². The fraction of sp³-hybridized carbons (Fsp3) is 0.647. The predicted molar refractivity (Wildman–Crippen MR) is 84.6 cm³/mol. The summed E-state index contributed by atoms with van der Waals surface area (Å²) < 4.78 is 0. The highest BCUT2D eigenvalue weighted by atomic mass is 16.4. The summed E-state index contributed by atoms with van der Waals surface area (Å²) in [5.41, 5.74) is 0.631. The van der Waals surface area contributed by atoms with Crippen molar-refractivity contribution in [2.45, 2.75) is 58.9 Å². The van der Waals surface area contributed by atoms with Crippen LogP contribution in [0.4, 0.5) is 5.82 Å². The molecule has 0 radical (unpaired) electrons. The zero-order valence-electron chi connectivity index (χ0n) is 13.2. The van der Waals surface area contributed by atoms with E-state index < -0.39 is 5.97 Å². The Morgan fingerprint density at radius 3 is 2.90 bits per heavy atom. The van der Waals surface area contributed by atoms with Crippen LogP contribution >= 0.6 is 0 Å². The molecular weight excluding hydrogens is 264 g/mol. The molecule has 1 aromatic heterocycles. The summed E-state index contributed by atoms with van der Waals surface area (Å²) in [4.78, 5) is 15.0. The van der Waals surface area contributed by atoms with E-state index in [1.807, 2.05) is 0 Å². The van der Waals surface area contributed by atoms with E-state index in [4.69, 9.17) is 5.11 Å². The van der Waals surface area contributed by atoms with Gasteiger partial charge in [-0.05, 0) is 49.7 Å². The molecule has 1 heterocycles. The third kappa shape index (κ3) is 4.45. The first kappa shape index (κ1) is 15.8. The SMILES string of the molecule is CC1CCCC(C)(CC(C)Nc2ccc(C(=O)O)cn2)C1. The van der Waals surface area contributed by atoms with Crippen LogP contribution in [0, 0.1) is 11.3 Å². The first-order valence-electron chi connectivity index (χ1n) is 7.84. The summed E-state index contributed by atoms with van der Waals surface area (Å²) in [6, 6.07) is 3.67. The van der Waals surface area contributed by atoms with Gasteiger partial charge < -0.3 is 10.4 Å². The van der Waals surface area contributed by atoms with Gasteiger partial charge in [-0.1, -0.05) is 26.7 Å². The minimum atomic E-state index is -0.939. The number of carboxylic acids is 1. The van der Waals surface area contributed by atoms with E-state index in [-0.39, 0.29) is 5.56 Å². The van der Waals surface area contributed by atoms with Crippen molar-refractivity contribution < 1.29 is 9.90 Å². The van der Waals surface area contributed by atoms with Crippen molar-refractivity contribution in [1.29, 1.82) is 0 Å². The quantitative estimate of drug-likeness (QED) is 0.853. The van der Waals surface area contributed by atoms with Gasteiger partial charge >= 0.3 is 5.97 Å². The van der Waals surface area contributed by atoms with Gasteiger partial charge in [0.15, 0.2) is 0 Å². The summed E-state index contributed by atoms with van der Waals surface area (Å²) in [5, 5.41) is 12.3. The normalized spacial score (nSPS) is 27.1. The molecule has 0 spiro atoms. The highest BCUT2D eigenvalue weighted by Crippen LogP contribution is 2.42. The van der Waals surface area contributed by atoms with E-state index >= 15 is 0 Å². The number of aromatic carboxylic acids is 1. The minimum Gasteiger partial charge on any atom is -0.478 e. The summed E-state index contributed by atoms with van der Waals surface area (Å²) >= 11 is 0. The second kappa shape index (κ2) is 6.46. The van der Waals surface area contributed by atoms with Crippen molar-refractivity contribution in [2.75, 3.05) is 5.32 Å². The van der Waals surface area contributed by atoms with Crippen LogP contribution in [0.3, 0.4) is 0 Å².